The zero-order valence-corrected chi connectivity index (χ0v) is 15.0. The highest BCUT2D eigenvalue weighted by molar-refractivity contribution is 5.97. The molecule has 2 aliphatic rings. The highest BCUT2D eigenvalue weighted by atomic mass is 19.1. The van der Waals surface area contributed by atoms with Crippen LogP contribution >= 0.6 is 0 Å². The first-order valence-corrected chi connectivity index (χ1v) is 9.23. The Kier molecular flexibility index (Phi) is 3.88. The molecule has 7 nitrogen and oxygen atoms in total. The molecule has 28 heavy (non-hydrogen) atoms. The molecule has 1 aromatic carbocycles. The third-order valence-corrected chi connectivity index (χ3v) is 5.35. The SMILES string of the molecule is O=C1NCCN1c1cnn2ccc(N3CCC[C@@H]3c3cc(F)ccc3F)nc12. The topological polar surface area (TPSA) is 65.8 Å². The molecule has 0 radical (unpaired) electrons. The van der Waals surface area contributed by atoms with E-state index in [0.29, 0.717) is 48.8 Å². The minimum Gasteiger partial charge on any atom is -0.349 e. The number of nitrogens with zero attached hydrogens (tertiary/aromatic N) is 5. The van der Waals surface area contributed by atoms with Gasteiger partial charge >= 0.3 is 6.03 Å². The van der Waals surface area contributed by atoms with Crippen LogP contribution in [0.5, 0.6) is 0 Å². The number of nitrogens with one attached hydrogen (secondary N) is 1. The fourth-order valence-electron chi connectivity index (χ4n) is 4.03. The van der Waals surface area contributed by atoms with Gasteiger partial charge in [-0.1, -0.05) is 0 Å². The first-order valence-electron chi connectivity index (χ1n) is 9.23. The summed E-state index contributed by atoms with van der Waals surface area (Å²) in [5.41, 5.74) is 1.52. The Morgan fingerprint density at radius 3 is 2.89 bits per heavy atom. The highest BCUT2D eigenvalue weighted by Crippen LogP contribution is 2.37. The molecule has 0 spiro atoms. The monoisotopic (exact) mass is 384 g/mol. The summed E-state index contributed by atoms with van der Waals surface area (Å²) in [6.07, 6.45) is 4.96. The fourth-order valence-corrected chi connectivity index (χ4v) is 4.03. The fraction of sp³-hybridized carbons (Fsp3) is 0.316. The quantitative estimate of drug-likeness (QED) is 0.754. The Morgan fingerprint density at radius 2 is 2.07 bits per heavy atom. The van der Waals surface area contributed by atoms with Crippen molar-refractivity contribution in [1.29, 1.82) is 0 Å². The molecule has 0 aliphatic carbocycles. The van der Waals surface area contributed by atoms with Crippen LogP contribution in [0.15, 0.2) is 36.7 Å². The van der Waals surface area contributed by atoms with Crippen molar-refractivity contribution in [3.63, 3.8) is 0 Å². The van der Waals surface area contributed by atoms with E-state index in [4.69, 9.17) is 4.98 Å². The molecule has 4 heterocycles. The van der Waals surface area contributed by atoms with Gasteiger partial charge in [0.05, 0.1) is 12.2 Å². The lowest BCUT2D eigenvalue weighted by Crippen LogP contribution is -2.28. The van der Waals surface area contributed by atoms with Crippen LogP contribution in [0.3, 0.4) is 0 Å². The standard InChI is InChI=1S/C19H18F2N6O/c20-12-3-4-14(21)13(10-12)15-2-1-7-25(15)17-5-8-27-18(24-17)16(11-23-27)26-9-6-22-19(26)28/h3-5,8,10-11,15H,1-2,6-7,9H2,(H,22,28)/t15-/m1/s1. The number of anilines is 2. The molecule has 2 amide bonds. The van der Waals surface area contributed by atoms with Crippen LogP contribution in [0, 0.1) is 11.6 Å². The van der Waals surface area contributed by atoms with Crippen molar-refractivity contribution < 1.29 is 13.6 Å². The van der Waals surface area contributed by atoms with Gasteiger partial charge in [0.15, 0.2) is 5.65 Å². The molecule has 144 valence electrons. The van der Waals surface area contributed by atoms with Gasteiger partial charge in [0.1, 0.15) is 23.1 Å². The molecule has 5 rings (SSSR count). The van der Waals surface area contributed by atoms with Gasteiger partial charge in [-0.2, -0.15) is 5.10 Å². The number of hydrogen-bond donors (Lipinski definition) is 1. The number of urea groups is 1. The van der Waals surface area contributed by atoms with E-state index in [1.165, 1.54) is 12.1 Å². The number of amides is 2. The summed E-state index contributed by atoms with van der Waals surface area (Å²) in [4.78, 5) is 20.3. The molecular weight excluding hydrogens is 366 g/mol. The Morgan fingerprint density at radius 1 is 1.18 bits per heavy atom. The molecule has 0 saturated carbocycles. The Bertz CT molecular complexity index is 1070. The number of rotatable bonds is 3. The summed E-state index contributed by atoms with van der Waals surface area (Å²) >= 11 is 0. The number of fused-ring (bicyclic) bond motifs is 1. The maximum Gasteiger partial charge on any atom is 0.322 e. The van der Waals surface area contributed by atoms with E-state index in [-0.39, 0.29) is 12.1 Å². The number of carbonyl (C=O) groups excluding carboxylic acids is 1. The zero-order valence-electron chi connectivity index (χ0n) is 15.0. The van der Waals surface area contributed by atoms with Crippen LogP contribution in [0.1, 0.15) is 24.4 Å². The largest absolute Gasteiger partial charge is 0.349 e. The molecule has 0 unspecified atom stereocenters. The number of carbonyl (C=O) groups is 1. The number of aromatic nitrogens is 3. The van der Waals surface area contributed by atoms with Gasteiger partial charge in [-0.3, -0.25) is 4.90 Å². The minimum absolute atomic E-state index is 0.178. The predicted molar refractivity (Wildman–Crippen MR) is 99.4 cm³/mol. The lowest BCUT2D eigenvalue weighted by Gasteiger charge is -2.26. The zero-order chi connectivity index (χ0) is 19.3. The normalized spacial score (nSPS) is 19.6. The molecule has 3 aromatic rings. The number of halogens is 2. The van der Waals surface area contributed by atoms with Crippen molar-refractivity contribution in [3.8, 4) is 0 Å². The van der Waals surface area contributed by atoms with Crippen LogP contribution in [0.2, 0.25) is 0 Å². The molecule has 9 heteroatoms. The van der Waals surface area contributed by atoms with Gasteiger partial charge in [-0.15, -0.1) is 0 Å². The molecule has 0 bridgehead atoms. The van der Waals surface area contributed by atoms with Crippen molar-refractivity contribution in [2.45, 2.75) is 18.9 Å². The summed E-state index contributed by atoms with van der Waals surface area (Å²) in [6.45, 7) is 1.81. The smallest absolute Gasteiger partial charge is 0.322 e. The van der Waals surface area contributed by atoms with E-state index < -0.39 is 11.6 Å². The van der Waals surface area contributed by atoms with E-state index in [2.05, 4.69) is 10.4 Å². The summed E-state index contributed by atoms with van der Waals surface area (Å²) < 4.78 is 29.7. The predicted octanol–water partition coefficient (Wildman–Crippen LogP) is 2.88. The molecule has 2 aliphatic heterocycles. The lowest BCUT2D eigenvalue weighted by molar-refractivity contribution is 0.252. The van der Waals surface area contributed by atoms with Crippen LogP contribution in [-0.4, -0.2) is 40.3 Å². The summed E-state index contributed by atoms with van der Waals surface area (Å²) in [7, 11) is 0. The maximum absolute atomic E-state index is 14.3. The van der Waals surface area contributed by atoms with Crippen molar-refractivity contribution in [1.82, 2.24) is 19.9 Å². The molecule has 2 fully saturated rings. The highest BCUT2D eigenvalue weighted by Gasteiger charge is 2.31. The van der Waals surface area contributed by atoms with E-state index in [0.717, 1.165) is 12.5 Å². The first kappa shape index (κ1) is 16.9. The summed E-state index contributed by atoms with van der Waals surface area (Å²) in [5.74, 6) is -0.219. The third-order valence-electron chi connectivity index (χ3n) is 5.35. The maximum atomic E-state index is 14.3. The molecular formula is C19H18F2N6O. The van der Waals surface area contributed by atoms with Crippen molar-refractivity contribution in [2.75, 3.05) is 29.4 Å². The van der Waals surface area contributed by atoms with Gasteiger partial charge in [-0.05, 0) is 37.1 Å². The van der Waals surface area contributed by atoms with Gasteiger partial charge in [-0.25, -0.2) is 23.1 Å². The van der Waals surface area contributed by atoms with E-state index >= 15 is 0 Å². The Balaban J connectivity index is 1.55. The van der Waals surface area contributed by atoms with Crippen LogP contribution in [0.25, 0.3) is 5.65 Å². The minimum atomic E-state index is -0.454. The van der Waals surface area contributed by atoms with Gasteiger partial charge < -0.3 is 10.2 Å². The van der Waals surface area contributed by atoms with Crippen molar-refractivity contribution in [2.24, 2.45) is 0 Å². The van der Waals surface area contributed by atoms with Crippen molar-refractivity contribution in [3.05, 3.63) is 53.9 Å². The molecule has 2 saturated heterocycles. The lowest BCUT2D eigenvalue weighted by atomic mass is 10.0. The second-order valence-electron chi connectivity index (χ2n) is 6.98. The number of benzene rings is 1. The molecule has 1 atom stereocenters. The Hall–Kier alpha value is -3.23. The first-order chi connectivity index (χ1) is 13.6. The second-order valence-corrected chi connectivity index (χ2v) is 6.98. The average Bonchev–Trinajstić information content (AvgIpc) is 3.42. The van der Waals surface area contributed by atoms with E-state index in [1.54, 1.807) is 21.8 Å². The van der Waals surface area contributed by atoms with E-state index in [1.807, 2.05) is 11.0 Å². The summed E-state index contributed by atoms with van der Waals surface area (Å²) in [6, 6.07) is 4.90. The van der Waals surface area contributed by atoms with Crippen LogP contribution in [0.4, 0.5) is 25.1 Å². The molecule has 2 aromatic heterocycles. The number of hydrogen-bond acceptors (Lipinski definition) is 4. The second kappa shape index (κ2) is 6.43. The van der Waals surface area contributed by atoms with E-state index in [9.17, 15) is 13.6 Å². The molecule has 1 N–H and O–H groups in total. The van der Waals surface area contributed by atoms with Crippen molar-refractivity contribution >= 4 is 23.2 Å². The van der Waals surface area contributed by atoms with Gasteiger partial charge in [0.2, 0.25) is 0 Å². The Labute approximate surface area is 159 Å². The average molecular weight is 384 g/mol. The van der Waals surface area contributed by atoms with Gasteiger partial charge in [0.25, 0.3) is 0 Å². The van der Waals surface area contributed by atoms with Crippen LogP contribution in [-0.2, 0) is 0 Å². The van der Waals surface area contributed by atoms with Gasteiger partial charge in [0, 0.05) is 31.4 Å². The third kappa shape index (κ3) is 2.65. The van der Waals surface area contributed by atoms with Crippen LogP contribution < -0.4 is 15.1 Å². The summed E-state index contributed by atoms with van der Waals surface area (Å²) in [5, 5.41) is 7.04.